The van der Waals surface area contributed by atoms with Crippen molar-refractivity contribution >= 4 is 0 Å². The van der Waals surface area contributed by atoms with Gasteiger partial charge < -0.3 is 19.0 Å². The lowest BCUT2D eigenvalue weighted by Gasteiger charge is -2.27. The molecule has 5 nitrogen and oxygen atoms in total. The lowest BCUT2D eigenvalue weighted by molar-refractivity contribution is -0.167. The van der Waals surface area contributed by atoms with Gasteiger partial charge in [0.1, 0.15) is 0 Å². The molecular formula is C26H31NO4. The highest BCUT2D eigenvalue weighted by molar-refractivity contribution is 5.64. The molecular weight excluding hydrogens is 390 g/mol. The van der Waals surface area contributed by atoms with Crippen LogP contribution in [0.15, 0.2) is 65.1 Å². The number of hydrogen-bond donors (Lipinski definition) is 1. The molecule has 0 bridgehead atoms. The highest BCUT2D eigenvalue weighted by Gasteiger charge is 2.36. The molecule has 0 saturated carbocycles. The van der Waals surface area contributed by atoms with E-state index in [0.717, 1.165) is 54.7 Å². The Morgan fingerprint density at radius 1 is 0.903 bits per heavy atom. The minimum atomic E-state index is -0.571. The van der Waals surface area contributed by atoms with Gasteiger partial charge in [0, 0.05) is 24.0 Å². The molecule has 0 radical (unpaired) electrons. The molecule has 2 aromatic carbocycles. The summed E-state index contributed by atoms with van der Waals surface area (Å²) in [5.41, 5.74) is 2.91. The Balaban J connectivity index is 1.53. The van der Waals surface area contributed by atoms with E-state index in [0.29, 0.717) is 25.5 Å². The average molecular weight is 422 g/mol. The van der Waals surface area contributed by atoms with Crippen molar-refractivity contribution in [2.45, 2.75) is 57.3 Å². The monoisotopic (exact) mass is 421 g/mol. The molecule has 0 spiro atoms. The van der Waals surface area contributed by atoms with Gasteiger partial charge in [-0.3, -0.25) is 0 Å². The zero-order chi connectivity index (χ0) is 21.5. The Morgan fingerprint density at radius 2 is 1.55 bits per heavy atom. The highest BCUT2D eigenvalue weighted by Crippen LogP contribution is 2.35. The van der Waals surface area contributed by atoms with Crippen molar-refractivity contribution in [1.82, 2.24) is 4.98 Å². The molecule has 4 rings (SSSR count). The molecule has 3 aromatic rings. The summed E-state index contributed by atoms with van der Waals surface area (Å²) in [4.78, 5) is 4.86. The molecule has 164 valence electrons. The second-order valence-electron chi connectivity index (χ2n) is 8.23. The van der Waals surface area contributed by atoms with E-state index in [1.54, 1.807) is 0 Å². The van der Waals surface area contributed by atoms with Gasteiger partial charge in [-0.2, -0.15) is 0 Å². The van der Waals surface area contributed by atoms with Gasteiger partial charge in [-0.05, 0) is 38.3 Å². The molecule has 2 heterocycles. The average Bonchev–Trinajstić information content (AvgIpc) is 3.44. The highest BCUT2D eigenvalue weighted by atomic mass is 16.7. The van der Waals surface area contributed by atoms with Crippen LogP contribution in [0.2, 0.25) is 0 Å². The van der Waals surface area contributed by atoms with Crippen molar-refractivity contribution in [1.29, 1.82) is 0 Å². The standard InChI is InChI=1S/C26H31NO4/c1-20(28)10-8-9-16-26(29-18-19-30-26)17-15-23-24(21-11-4-2-5-12-21)31-25(27-23)22-13-6-3-7-14-22/h2-7,11-14,20,28H,8-10,15-19H2,1H3. The number of nitrogens with zero attached hydrogens (tertiary/aromatic N) is 1. The topological polar surface area (TPSA) is 64.7 Å². The molecule has 5 heteroatoms. The summed E-state index contributed by atoms with van der Waals surface area (Å²) < 4.78 is 18.4. The van der Waals surface area contributed by atoms with Crippen LogP contribution in [0.3, 0.4) is 0 Å². The van der Waals surface area contributed by atoms with E-state index in [4.69, 9.17) is 18.9 Å². The summed E-state index contributed by atoms with van der Waals surface area (Å²) in [5, 5.41) is 9.51. The molecule has 1 aliphatic heterocycles. The Hall–Kier alpha value is -2.47. The predicted molar refractivity (Wildman–Crippen MR) is 120 cm³/mol. The molecule has 1 aliphatic rings. The quantitative estimate of drug-likeness (QED) is 0.430. The molecule has 1 aromatic heterocycles. The third-order valence-electron chi connectivity index (χ3n) is 5.74. The van der Waals surface area contributed by atoms with Gasteiger partial charge >= 0.3 is 0 Å². The second kappa shape index (κ2) is 10.2. The second-order valence-corrected chi connectivity index (χ2v) is 8.23. The number of benzene rings is 2. The Morgan fingerprint density at radius 3 is 2.19 bits per heavy atom. The van der Waals surface area contributed by atoms with Crippen LogP contribution < -0.4 is 0 Å². The van der Waals surface area contributed by atoms with E-state index >= 15 is 0 Å². The first-order valence-corrected chi connectivity index (χ1v) is 11.2. The van der Waals surface area contributed by atoms with Crippen LogP contribution >= 0.6 is 0 Å². The van der Waals surface area contributed by atoms with Crippen molar-refractivity contribution in [2.75, 3.05) is 13.2 Å². The minimum Gasteiger partial charge on any atom is -0.436 e. The summed E-state index contributed by atoms with van der Waals surface area (Å²) in [5.74, 6) is 0.869. The van der Waals surface area contributed by atoms with Crippen LogP contribution in [0.4, 0.5) is 0 Å². The zero-order valence-electron chi connectivity index (χ0n) is 18.1. The van der Waals surface area contributed by atoms with Crippen LogP contribution in [-0.2, 0) is 15.9 Å². The van der Waals surface area contributed by atoms with Crippen LogP contribution in [-0.4, -0.2) is 35.2 Å². The third kappa shape index (κ3) is 5.62. The lowest BCUT2D eigenvalue weighted by atomic mass is 9.99. The number of aryl methyl sites for hydroxylation is 1. The minimum absolute atomic E-state index is 0.263. The maximum atomic E-state index is 9.51. The smallest absolute Gasteiger partial charge is 0.227 e. The predicted octanol–water partition coefficient (Wildman–Crippen LogP) is 5.63. The Labute approximate surface area is 184 Å². The van der Waals surface area contributed by atoms with Gasteiger partial charge in [0.2, 0.25) is 5.89 Å². The van der Waals surface area contributed by atoms with Gasteiger partial charge in [-0.25, -0.2) is 4.98 Å². The van der Waals surface area contributed by atoms with Crippen molar-refractivity contribution in [3.63, 3.8) is 0 Å². The third-order valence-corrected chi connectivity index (χ3v) is 5.74. The van der Waals surface area contributed by atoms with E-state index in [9.17, 15) is 5.11 Å². The summed E-state index contributed by atoms with van der Waals surface area (Å²) >= 11 is 0. The Kier molecular flexibility index (Phi) is 7.17. The van der Waals surface area contributed by atoms with Gasteiger partial charge in [0.15, 0.2) is 11.5 Å². The first-order valence-electron chi connectivity index (χ1n) is 11.2. The van der Waals surface area contributed by atoms with Crippen molar-refractivity contribution in [3.8, 4) is 22.8 Å². The van der Waals surface area contributed by atoms with Crippen molar-refractivity contribution in [2.24, 2.45) is 0 Å². The van der Waals surface area contributed by atoms with Gasteiger partial charge in [0.25, 0.3) is 0 Å². The fourth-order valence-corrected chi connectivity index (χ4v) is 4.09. The van der Waals surface area contributed by atoms with Gasteiger partial charge in [0.05, 0.1) is 25.0 Å². The Bertz CT molecular complexity index is 931. The van der Waals surface area contributed by atoms with E-state index in [-0.39, 0.29) is 6.10 Å². The fourth-order valence-electron chi connectivity index (χ4n) is 4.09. The zero-order valence-corrected chi connectivity index (χ0v) is 18.1. The first kappa shape index (κ1) is 21.8. The SMILES string of the molecule is CC(O)CCCCC1(CCc2nc(-c3ccccc3)oc2-c2ccccc2)OCCO1. The molecule has 1 atom stereocenters. The number of aliphatic hydroxyl groups excluding tert-OH is 1. The van der Waals surface area contributed by atoms with Crippen LogP contribution in [0.25, 0.3) is 22.8 Å². The maximum Gasteiger partial charge on any atom is 0.227 e. The summed E-state index contributed by atoms with van der Waals surface area (Å²) in [6.45, 7) is 3.07. The van der Waals surface area contributed by atoms with Gasteiger partial charge in [-0.15, -0.1) is 0 Å². The molecule has 1 unspecified atom stereocenters. The van der Waals surface area contributed by atoms with Gasteiger partial charge in [-0.1, -0.05) is 55.0 Å². The largest absolute Gasteiger partial charge is 0.436 e. The number of aromatic nitrogens is 1. The van der Waals surface area contributed by atoms with Crippen LogP contribution in [0.1, 0.15) is 44.7 Å². The number of unbranched alkanes of at least 4 members (excludes halogenated alkanes) is 1. The molecule has 1 N–H and O–H groups in total. The number of ether oxygens (including phenoxy) is 2. The first-order chi connectivity index (χ1) is 15.2. The maximum absolute atomic E-state index is 9.51. The number of oxazole rings is 1. The van der Waals surface area contributed by atoms with Crippen molar-refractivity contribution < 1.29 is 19.0 Å². The normalized spacial score (nSPS) is 16.5. The number of aliphatic hydroxyl groups is 1. The van der Waals surface area contributed by atoms with E-state index in [1.807, 2.05) is 67.6 Å². The fraction of sp³-hybridized carbons (Fsp3) is 0.423. The number of rotatable bonds is 10. The molecule has 1 fully saturated rings. The van der Waals surface area contributed by atoms with Crippen LogP contribution in [0.5, 0.6) is 0 Å². The molecule has 1 saturated heterocycles. The summed E-state index contributed by atoms with van der Waals surface area (Å²) in [6.07, 6.45) is 4.72. The van der Waals surface area contributed by atoms with E-state index in [2.05, 4.69) is 0 Å². The molecule has 31 heavy (non-hydrogen) atoms. The van der Waals surface area contributed by atoms with E-state index in [1.165, 1.54) is 0 Å². The molecule has 0 amide bonds. The molecule has 0 aliphatic carbocycles. The van der Waals surface area contributed by atoms with Crippen molar-refractivity contribution in [3.05, 3.63) is 66.4 Å². The summed E-state index contributed by atoms with van der Waals surface area (Å²) in [7, 11) is 0. The number of hydrogen-bond acceptors (Lipinski definition) is 5. The van der Waals surface area contributed by atoms with Crippen LogP contribution in [0, 0.1) is 0 Å². The summed E-state index contributed by atoms with van der Waals surface area (Å²) in [6, 6.07) is 20.1. The lowest BCUT2D eigenvalue weighted by Crippen LogP contribution is -2.31. The van der Waals surface area contributed by atoms with E-state index < -0.39 is 5.79 Å².